The largest absolute Gasteiger partial charge is 0.493 e. The summed E-state index contributed by atoms with van der Waals surface area (Å²) in [4.78, 5) is 25.4. The molecule has 2 saturated heterocycles. The van der Waals surface area contributed by atoms with Crippen LogP contribution in [0.2, 0.25) is 0 Å². The molecule has 2 aliphatic rings. The molecule has 2 amide bonds. The summed E-state index contributed by atoms with van der Waals surface area (Å²) >= 11 is 0. The van der Waals surface area contributed by atoms with Crippen molar-refractivity contribution in [2.45, 2.75) is 32.3 Å². The van der Waals surface area contributed by atoms with Crippen LogP contribution < -0.4 is 19.7 Å². The maximum absolute atomic E-state index is 11.8. The normalized spacial score (nSPS) is 18.1. The van der Waals surface area contributed by atoms with Crippen molar-refractivity contribution in [1.29, 1.82) is 0 Å². The van der Waals surface area contributed by atoms with E-state index in [1.165, 1.54) is 11.3 Å². The first-order valence-electron chi connectivity index (χ1n) is 11.5. The van der Waals surface area contributed by atoms with E-state index in [4.69, 9.17) is 18.9 Å². The SMILES string of the molecule is CCCc1cc(N2CCOCC2)ccc1OCCCOc1cccc(C2OC(=O)NC2=O)c1. The first kappa shape index (κ1) is 22.9. The highest BCUT2D eigenvalue weighted by Gasteiger charge is 2.33. The minimum atomic E-state index is -0.929. The number of nitrogens with zero attached hydrogens (tertiary/aromatic N) is 1. The zero-order valence-corrected chi connectivity index (χ0v) is 18.9. The molecular formula is C25H30N2O6. The molecule has 2 aliphatic heterocycles. The quantitative estimate of drug-likeness (QED) is 0.549. The van der Waals surface area contributed by atoms with Crippen LogP contribution in [-0.4, -0.2) is 51.5 Å². The van der Waals surface area contributed by atoms with E-state index in [2.05, 4.69) is 35.3 Å². The summed E-state index contributed by atoms with van der Waals surface area (Å²) < 4.78 is 22.3. The Hall–Kier alpha value is -3.26. The van der Waals surface area contributed by atoms with Gasteiger partial charge in [-0.05, 0) is 42.3 Å². The van der Waals surface area contributed by atoms with Gasteiger partial charge in [-0.2, -0.15) is 0 Å². The van der Waals surface area contributed by atoms with Crippen molar-refractivity contribution in [1.82, 2.24) is 5.32 Å². The molecule has 176 valence electrons. The van der Waals surface area contributed by atoms with Gasteiger partial charge in [0.2, 0.25) is 6.10 Å². The van der Waals surface area contributed by atoms with Gasteiger partial charge < -0.3 is 23.8 Å². The smallest absolute Gasteiger partial charge is 0.415 e. The van der Waals surface area contributed by atoms with Crippen LogP contribution in [0.3, 0.4) is 0 Å². The molecule has 2 heterocycles. The van der Waals surface area contributed by atoms with E-state index in [-0.39, 0.29) is 0 Å². The van der Waals surface area contributed by atoms with E-state index in [1.54, 1.807) is 18.2 Å². The second kappa shape index (κ2) is 11.0. The number of cyclic esters (lactones) is 1. The highest BCUT2D eigenvalue weighted by molar-refractivity contribution is 6.00. The van der Waals surface area contributed by atoms with E-state index in [0.717, 1.165) is 44.9 Å². The molecule has 2 aromatic rings. The highest BCUT2D eigenvalue weighted by Crippen LogP contribution is 2.28. The number of anilines is 1. The number of hydrogen-bond acceptors (Lipinski definition) is 7. The Morgan fingerprint density at radius 1 is 1.06 bits per heavy atom. The van der Waals surface area contributed by atoms with E-state index in [0.29, 0.717) is 30.9 Å². The summed E-state index contributed by atoms with van der Waals surface area (Å²) in [5.74, 6) is 1.07. The molecule has 1 atom stereocenters. The second-order valence-corrected chi connectivity index (χ2v) is 8.04. The topological polar surface area (TPSA) is 86.3 Å². The molecule has 0 spiro atoms. The van der Waals surface area contributed by atoms with Crippen LogP contribution >= 0.6 is 0 Å². The lowest BCUT2D eigenvalue weighted by Crippen LogP contribution is -2.36. The Morgan fingerprint density at radius 3 is 2.64 bits per heavy atom. The van der Waals surface area contributed by atoms with E-state index in [1.807, 2.05) is 6.07 Å². The average Bonchev–Trinajstić information content (AvgIpc) is 3.18. The molecule has 2 fully saturated rings. The summed E-state index contributed by atoms with van der Waals surface area (Å²) in [7, 11) is 0. The molecule has 1 N–H and O–H groups in total. The number of ether oxygens (including phenoxy) is 4. The number of amides is 2. The number of carbonyl (C=O) groups is 2. The maximum Gasteiger partial charge on any atom is 0.415 e. The van der Waals surface area contributed by atoms with E-state index < -0.39 is 18.1 Å². The van der Waals surface area contributed by atoms with Crippen LogP contribution in [0.1, 0.15) is 37.0 Å². The van der Waals surface area contributed by atoms with Gasteiger partial charge in [-0.15, -0.1) is 0 Å². The van der Waals surface area contributed by atoms with E-state index >= 15 is 0 Å². The van der Waals surface area contributed by atoms with Crippen LogP contribution in [0.5, 0.6) is 11.5 Å². The number of rotatable bonds is 10. The summed E-state index contributed by atoms with van der Waals surface area (Å²) in [6.07, 6.45) is 1.07. The molecule has 4 rings (SSSR count). The maximum atomic E-state index is 11.8. The second-order valence-electron chi connectivity index (χ2n) is 8.04. The van der Waals surface area contributed by atoms with Crippen LogP contribution in [0.4, 0.5) is 10.5 Å². The number of benzene rings is 2. The number of hydrogen-bond donors (Lipinski definition) is 1. The van der Waals surface area contributed by atoms with Crippen molar-refractivity contribution < 1.29 is 28.5 Å². The molecule has 0 radical (unpaired) electrons. The molecule has 2 aromatic carbocycles. The van der Waals surface area contributed by atoms with Gasteiger partial charge in [0.05, 0.1) is 26.4 Å². The number of aryl methyl sites for hydroxylation is 1. The Balaban J connectivity index is 1.27. The molecule has 33 heavy (non-hydrogen) atoms. The summed E-state index contributed by atoms with van der Waals surface area (Å²) in [6, 6.07) is 13.4. The van der Waals surface area contributed by atoms with Crippen LogP contribution in [0, 0.1) is 0 Å². The van der Waals surface area contributed by atoms with Crippen LogP contribution in [0.15, 0.2) is 42.5 Å². The third-order valence-corrected chi connectivity index (χ3v) is 5.60. The van der Waals surface area contributed by atoms with Crippen molar-refractivity contribution in [3.63, 3.8) is 0 Å². The fraction of sp³-hybridized carbons (Fsp3) is 0.440. The van der Waals surface area contributed by atoms with Crippen LogP contribution in [-0.2, 0) is 20.7 Å². The Labute approximate surface area is 193 Å². The number of morpholine rings is 1. The predicted molar refractivity (Wildman–Crippen MR) is 123 cm³/mol. The van der Waals surface area contributed by atoms with Gasteiger partial charge in [0.25, 0.3) is 5.91 Å². The van der Waals surface area contributed by atoms with Crippen molar-refractivity contribution in [2.75, 3.05) is 44.4 Å². The predicted octanol–water partition coefficient (Wildman–Crippen LogP) is 3.63. The van der Waals surface area contributed by atoms with Gasteiger partial charge in [0.1, 0.15) is 11.5 Å². The van der Waals surface area contributed by atoms with Crippen molar-refractivity contribution >= 4 is 17.7 Å². The van der Waals surface area contributed by atoms with Gasteiger partial charge in [0.15, 0.2) is 0 Å². The fourth-order valence-corrected chi connectivity index (χ4v) is 3.96. The Bertz CT molecular complexity index is 973. The molecule has 1 unspecified atom stereocenters. The first-order valence-corrected chi connectivity index (χ1v) is 11.5. The third-order valence-electron chi connectivity index (χ3n) is 5.60. The Morgan fingerprint density at radius 2 is 1.88 bits per heavy atom. The zero-order valence-electron chi connectivity index (χ0n) is 18.9. The monoisotopic (exact) mass is 454 g/mol. The summed E-state index contributed by atoms with van der Waals surface area (Å²) in [5, 5.41) is 2.13. The zero-order chi connectivity index (χ0) is 23.0. The molecule has 8 heteroatoms. The minimum absolute atomic E-state index is 0.465. The average molecular weight is 455 g/mol. The molecule has 0 aromatic heterocycles. The van der Waals surface area contributed by atoms with Gasteiger partial charge >= 0.3 is 6.09 Å². The number of nitrogens with one attached hydrogen (secondary N) is 1. The van der Waals surface area contributed by atoms with Gasteiger partial charge in [-0.1, -0.05) is 25.5 Å². The van der Waals surface area contributed by atoms with E-state index in [9.17, 15) is 9.59 Å². The molecule has 0 saturated carbocycles. The summed E-state index contributed by atoms with van der Waals surface area (Å²) in [6.45, 7) is 6.54. The number of alkyl carbamates (subject to hydrolysis) is 1. The molecule has 0 bridgehead atoms. The molecule has 8 nitrogen and oxygen atoms in total. The highest BCUT2D eigenvalue weighted by atomic mass is 16.6. The Kier molecular flexibility index (Phi) is 7.67. The lowest BCUT2D eigenvalue weighted by molar-refractivity contribution is -0.123. The lowest BCUT2D eigenvalue weighted by Gasteiger charge is -2.29. The molecule has 0 aliphatic carbocycles. The lowest BCUT2D eigenvalue weighted by atomic mass is 10.1. The van der Waals surface area contributed by atoms with Crippen molar-refractivity contribution in [2.24, 2.45) is 0 Å². The summed E-state index contributed by atoms with van der Waals surface area (Å²) in [5.41, 5.74) is 3.02. The van der Waals surface area contributed by atoms with Crippen molar-refractivity contribution in [3.8, 4) is 11.5 Å². The first-order chi connectivity index (χ1) is 16.1. The number of carbonyl (C=O) groups excluding carboxylic acids is 2. The number of imide groups is 1. The van der Waals surface area contributed by atoms with Gasteiger partial charge in [-0.3, -0.25) is 10.1 Å². The fourth-order valence-electron chi connectivity index (χ4n) is 3.96. The van der Waals surface area contributed by atoms with Gasteiger partial charge in [0, 0.05) is 30.8 Å². The van der Waals surface area contributed by atoms with Gasteiger partial charge in [-0.25, -0.2) is 4.79 Å². The minimum Gasteiger partial charge on any atom is -0.493 e. The molecular weight excluding hydrogens is 424 g/mol. The van der Waals surface area contributed by atoms with Crippen LogP contribution in [0.25, 0.3) is 0 Å². The standard InChI is InChI=1S/C25H30N2O6/c1-2-5-18-16-20(27-10-14-30-15-11-27)8-9-22(18)32-13-4-12-31-21-7-3-6-19(17-21)23-24(28)26-25(29)33-23/h3,6-9,16-17,23H,2,4-5,10-15H2,1H3,(H,26,28,29). The van der Waals surface area contributed by atoms with Crippen molar-refractivity contribution in [3.05, 3.63) is 53.6 Å². The third kappa shape index (κ3) is 5.96.